The van der Waals surface area contributed by atoms with Crippen LogP contribution in [0.1, 0.15) is 206 Å². The van der Waals surface area contributed by atoms with Gasteiger partial charge in [0.15, 0.2) is 6.10 Å². The lowest BCUT2D eigenvalue weighted by Gasteiger charge is -2.34. The van der Waals surface area contributed by atoms with Gasteiger partial charge in [0.05, 0.1) is 40.3 Å². The van der Waals surface area contributed by atoms with Crippen LogP contribution >= 0.6 is 0 Å². The first kappa shape index (κ1) is 58.0. The van der Waals surface area contributed by atoms with Gasteiger partial charge in [-0.05, 0) is 77.0 Å². The van der Waals surface area contributed by atoms with Crippen LogP contribution in [0.2, 0.25) is 0 Å². The van der Waals surface area contributed by atoms with Crippen LogP contribution in [0.25, 0.3) is 0 Å². The number of esters is 2. The predicted molar refractivity (Wildman–Crippen MR) is 254 cm³/mol. The SMILES string of the molecule is CC/C=C\C/C=C\C/C=C\C/C=C\CCCCCCCCCCCCC(=O)OC(COCCC(C(=O)[O-])[N+](C)(C)C)COC(=O)CCCCCCC/C=C\CCCCCCC. The summed E-state index contributed by atoms with van der Waals surface area (Å²) in [6.45, 7) is 4.54. The molecule has 0 rings (SSSR count). The molecule has 2 atom stereocenters. The lowest BCUT2D eigenvalue weighted by molar-refractivity contribution is -0.889. The predicted octanol–water partition coefficient (Wildman–Crippen LogP) is 12.8. The average Bonchev–Trinajstić information content (AvgIpc) is 3.22. The zero-order valence-corrected chi connectivity index (χ0v) is 40.1. The maximum absolute atomic E-state index is 12.8. The summed E-state index contributed by atoms with van der Waals surface area (Å²) in [7, 11) is 5.41. The van der Waals surface area contributed by atoms with Gasteiger partial charge in [0.1, 0.15) is 12.6 Å². The number of allylic oxidation sites excluding steroid dienone is 10. The number of aliphatic carboxylic acids is 1. The first-order valence-electron chi connectivity index (χ1n) is 24.8. The Morgan fingerprint density at radius 1 is 0.508 bits per heavy atom. The molecule has 0 heterocycles. The van der Waals surface area contributed by atoms with Crippen molar-refractivity contribution in [1.82, 2.24) is 0 Å². The molecule has 8 heteroatoms. The first-order chi connectivity index (χ1) is 29.6. The van der Waals surface area contributed by atoms with Gasteiger partial charge in [-0.3, -0.25) is 9.59 Å². The van der Waals surface area contributed by atoms with Gasteiger partial charge in [0.2, 0.25) is 0 Å². The fourth-order valence-corrected chi connectivity index (χ4v) is 7.06. The van der Waals surface area contributed by atoms with Crippen molar-refractivity contribution in [3.8, 4) is 0 Å². The maximum atomic E-state index is 12.8. The van der Waals surface area contributed by atoms with E-state index in [0.717, 1.165) is 77.0 Å². The van der Waals surface area contributed by atoms with Crippen molar-refractivity contribution >= 4 is 17.9 Å². The molecule has 0 aliphatic carbocycles. The minimum Gasteiger partial charge on any atom is -0.544 e. The summed E-state index contributed by atoms with van der Waals surface area (Å²) < 4.78 is 17.2. The summed E-state index contributed by atoms with van der Waals surface area (Å²) in [5.74, 6) is -1.75. The highest BCUT2D eigenvalue weighted by molar-refractivity contribution is 5.70. The maximum Gasteiger partial charge on any atom is 0.306 e. The Morgan fingerprint density at radius 2 is 0.918 bits per heavy atom. The molecule has 0 spiro atoms. The Bertz CT molecular complexity index is 1180. The largest absolute Gasteiger partial charge is 0.544 e. The minimum atomic E-state index is -1.13. The average molecular weight is 856 g/mol. The normalized spacial score (nSPS) is 13.4. The van der Waals surface area contributed by atoms with Gasteiger partial charge in [-0.1, -0.05) is 171 Å². The highest BCUT2D eigenvalue weighted by atomic mass is 16.6. The van der Waals surface area contributed by atoms with Crippen LogP contribution in [0.5, 0.6) is 0 Å². The van der Waals surface area contributed by atoms with Crippen molar-refractivity contribution in [3.63, 3.8) is 0 Å². The fourth-order valence-electron chi connectivity index (χ4n) is 7.06. The summed E-state index contributed by atoms with van der Waals surface area (Å²) in [5, 5.41) is 11.6. The first-order valence-corrected chi connectivity index (χ1v) is 24.8. The molecule has 61 heavy (non-hydrogen) atoms. The third kappa shape index (κ3) is 42.1. The number of hydrogen-bond acceptors (Lipinski definition) is 7. The summed E-state index contributed by atoms with van der Waals surface area (Å²) in [6.07, 6.45) is 53.9. The van der Waals surface area contributed by atoms with Gasteiger partial charge in [0.25, 0.3) is 0 Å². The second-order valence-electron chi connectivity index (χ2n) is 17.7. The van der Waals surface area contributed by atoms with E-state index in [2.05, 4.69) is 74.6 Å². The molecule has 8 nitrogen and oxygen atoms in total. The molecular formula is C53H93NO7. The monoisotopic (exact) mass is 856 g/mol. The van der Waals surface area contributed by atoms with Crippen LogP contribution in [0.15, 0.2) is 60.8 Å². The second-order valence-corrected chi connectivity index (χ2v) is 17.7. The quantitative estimate of drug-likeness (QED) is 0.0260. The van der Waals surface area contributed by atoms with Crippen LogP contribution in [-0.2, 0) is 28.6 Å². The van der Waals surface area contributed by atoms with Crippen LogP contribution in [0, 0.1) is 0 Å². The minimum absolute atomic E-state index is 0.0354. The molecule has 0 aromatic rings. The second kappa shape index (κ2) is 43.7. The molecule has 0 amide bonds. The van der Waals surface area contributed by atoms with Gasteiger partial charge in [-0.25, -0.2) is 0 Å². The molecule has 0 aromatic heterocycles. The van der Waals surface area contributed by atoms with E-state index < -0.39 is 18.1 Å². The van der Waals surface area contributed by atoms with Gasteiger partial charge >= 0.3 is 11.9 Å². The molecule has 0 aromatic carbocycles. The number of carbonyl (C=O) groups is 3. The smallest absolute Gasteiger partial charge is 0.306 e. The van der Waals surface area contributed by atoms with Crippen molar-refractivity contribution in [1.29, 1.82) is 0 Å². The fraction of sp³-hybridized carbons (Fsp3) is 0.755. The Morgan fingerprint density at radius 3 is 1.38 bits per heavy atom. The van der Waals surface area contributed by atoms with Gasteiger partial charge in [0, 0.05) is 19.3 Å². The number of ether oxygens (including phenoxy) is 3. The molecule has 352 valence electrons. The van der Waals surface area contributed by atoms with Crippen LogP contribution in [0.3, 0.4) is 0 Å². The van der Waals surface area contributed by atoms with Gasteiger partial charge in [-0.2, -0.15) is 0 Å². The standard InChI is InChI=1S/C53H93NO7/c1-6-8-10-12-14-16-18-20-22-23-24-25-26-27-28-29-30-32-34-36-38-40-42-44-52(56)61-49(47-59-46-45-50(53(57)58)54(3,4)5)48-60-51(55)43-41-39-37-35-33-31-21-19-17-15-13-11-9-7-2/h8,10,14,16,19-22,24-25,49-50H,6-7,9,11-13,15,17-18,23,26-48H2,1-5H3/b10-8-,16-14-,21-19-,22-20-,25-24-. The number of hydrogen-bond donors (Lipinski definition) is 0. The molecule has 0 radical (unpaired) electrons. The molecule has 0 saturated heterocycles. The summed E-state index contributed by atoms with van der Waals surface area (Å²) in [4.78, 5) is 37.0. The molecule has 0 aliphatic rings. The zero-order valence-electron chi connectivity index (χ0n) is 40.1. The lowest BCUT2D eigenvalue weighted by atomic mass is 10.0. The third-order valence-electron chi connectivity index (χ3n) is 10.9. The summed E-state index contributed by atoms with van der Waals surface area (Å²) in [6, 6.07) is -0.729. The number of unbranched alkanes of at least 4 members (excludes halogenated alkanes) is 20. The summed E-state index contributed by atoms with van der Waals surface area (Å²) >= 11 is 0. The molecule has 0 N–H and O–H groups in total. The Labute approximate surface area is 375 Å². The van der Waals surface area contributed by atoms with E-state index in [1.54, 1.807) is 21.1 Å². The van der Waals surface area contributed by atoms with E-state index in [-0.39, 0.29) is 42.7 Å². The van der Waals surface area contributed by atoms with Crippen molar-refractivity contribution in [3.05, 3.63) is 60.8 Å². The van der Waals surface area contributed by atoms with E-state index in [4.69, 9.17) is 14.2 Å². The van der Waals surface area contributed by atoms with Crippen LogP contribution in [-0.4, -0.2) is 75.5 Å². The van der Waals surface area contributed by atoms with Crippen molar-refractivity contribution < 1.29 is 38.2 Å². The third-order valence-corrected chi connectivity index (χ3v) is 10.9. The van der Waals surface area contributed by atoms with Gasteiger partial charge < -0.3 is 28.6 Å². The highest BCUT2D eigenvalue weighted by Crippen LogP contribution is 2.15. The Balaban J connectivity index is 4.25. The summed E-state index contributed by atoms with van der Waals surface area (Å²) in [5.41, 5.74) is 0. The lowest BCUT2D eigenvalue weighted by Crippen LogP contribution is -2.55. The van der Waals surface area contributed by atoms with Crippen molar-refractivity contribution in [2.45, 2.75) is 219 Å². The Kier molecular flexibility index (Phi) is 41.5. The molecule has 0 fully saturated rings. The van der Waals surface area contributed by atoms with E-state index in [1.807, 2.05) is 0 Å². The number of rotatable bonds is 44. The van der Waals surface area contributed by atoms with E-state index in [1.165, 1.54) is 96.3 Å². The zero-order chi connectivity index (χ0) is 44.9. The van der Waals surface area contributed by atoms with Crippen LogP contribution < -0.4 is 5.11 Å². The molecular weight excluding hydrogens is 763 g/mol. The molecule has 2 unspecified atom stereocenters. The van der Waals surface area contributed by atoms with E-state index in [9.17, 15) is 19.5 Å². The van der Waals surface area contributed by atoms with Crippen LogP contribution in [0.4, 0.5) is 0 Å². The number of quaternary nitrogens is 1. The topological polar surface area (TPSA) is 102 Å². The number of carboxylic acid groups (broad SMARTS) is 1. The van der Waals surface area contributed by atoms with Crippen molar-refractivity contribution in [2.75, 3.05) is 41.0 Å². The molecule has 0 aliphatic heterocycles. The van der Waals surface area contributed by atoms with E-state index in [0.29, 0.717) is 12.8 Å². The number of carboxylic acids is 1. The highest BCUT2D eigenvalue weighted by Gasteiger charge is 2.25. The molecule has 0 saturated carbocycles. The number of nitrogens with zero attached hydrogens (tertiary/aromatic N) is 1. The Hall–Kier alpha value is -2.97. The number of likely N-dealkylation sites (N-methyl/N-ethyl adjacent to an activating group) is 1. The van der Waals surface area contributed by atoms with E-state index >= 15 is 0 Å². The molecule has 0 bridgehead atoms. The van der Waals surface area contributed by atoms with Gasteiger partial charge in [-0.15, -0.1) is 0 Å². The van der Waals surface area contributed by atoms with Crippen molar-refractivity contribution in [2.24, 2.45) is 0 Å². The number of carbonyl (C=O) groups excluding carboxylic acids is 3.